The van der Waals surface area contributed by atoms with E-state index in [2.05, 4.69) is 5.32 Å². The van der Waals surface area contributed by atoms with Gasteiger partial charge in [0.2, 0.25) is 0 Å². The summed E-state index contributed by atoms with van der Waals surface area (Å²) in [4.78, 5) is 1.63. The number of nitrogens with two attached hydrogens (primary N) is 1. The first-order chi connectivity index (χ1) is 10.8. The molecule has 22 heavy (non-hydrogen) atoms. The standard InChI is InChI=1S/C16H26N2O4/c1-19-14-11-16(21-3)15(20-2)10-13(14)12-17-4-5-18-6-8-22-9-7-18/h10-11,17H,4-9,12H2,1-3H3/p+2. The molecule has 0 amide bonds. The Kier molecular flexibility index (Phi) is 6.76. The Bertz CT molecular complexity index is 462. The van der Waals surface area contributed by atoms with E-state index in [0.29, 0.717) is 5.75 Å². The van der Waals surface area contributed by atoms with Crippen molar-refractivity contribution in [1.82, 2.24) is 0 Å². The van der Waals surface area contributed by atoms with Crippen LogP contribution in [0.25, 0.3) is 0 Å². The van der Waals surface area contributed by atoms with Gasteiger partial charge in [-0.2, -0.15) is 0 Å². The van der Waals surface area contributed by atoms with E-state index >= 15 is 0 Å². The Morgan fingerprint density at radius 2 is 1.64 bits per heavy atom. The monoisotopic (exact) mass is 312 g/mol. The lowest BCUT2D eigenvalue weighted by molar-refractivity contribution is -0.920. The van der Waals surface area contributed by atoms with E-state index in [-0.39, 0.29) is 0 Å². The number of hydrogen-bond acceptors (Lipinski definition) is 4. The molecule has 3 N–H and O–H groups in total. The van der Waals surface area contributed by atoms with E-state index in [1.807, 2.05) is 12.1 Å². The lowest BCUT2D eigenvalue weighted by atomic mass is 10.1. The number of hydrogen-bond donors (Lipinski definition) is 2. The zero-order valence-corrected chi connectivity index (χ0v) is 13.8. The number of rotatable bonds is 8. The van der Waals surface area contributed by atoms with Gasteiger partial charge in [-0.3, -0.25) is 0 Å². The molecule has 0 aromatic heterocycles. The van der Waals surface area contributed by atoms with Crippen LogP contribution in [0.4, 0.5) is 0 Å². The molecule has 6 nitrogen and oxygen atoms in total. The highest BCUT2D eigenvalue weighted by atomic mass is 16.5. The Morgan fingerprint density at radius 3 is 2.27 bits per heavy atom. The molecule has 0 atom stereocenters. The first-order valence-corrected chi connectivity index (χ1v) is 7.80. The highest BCUT2D eigenvalue weighted by Gasteiger charge is 2.15. The molecule has 0 unspecified atom stereocenters. The molecule has 6 heteroatoms. The lowest BCUT2D eigenvalue weighted by Gasteiger charge is -2.23. The zero-order valence-electron chi connectivity index (χ0n) is 13.8. The molecular weight excluding hydrogens is 284 g/mol. The summed E-state index contributed by atoms with van der Waals surface area (Å²) in [5, 5.41) is 2.31. The van der Waals surface area contributed by atoms with Gasteiger partial charge >= 0.3 is 0 Å². The molecule has 1 saturated heterocycles. The molecule has 0 bridgehead atoms. The largest absolute Gasteiger partial charge is 0.496 e. The van der Waals surface area contributed by atoms with Crippen molar-refractivity contribution in [3.05, 3.63) is 17.7 Å². The van der Waals surface area contributed by atoms with E-state index in [0.717, 1.165) is 56.5 Å². The first-order valence-electron chi connectivity index (χ1n) is 7.80. The summed E-state index contributed by atoms with van der Waals surface area (Å²) >= 11 is 0. The maximum atomic E-state index is 5.46. The van der Waals surface area contributed by atoms with Crippen LogP contribution < -0.4 is 24.4 Å². The van der Waals surface area contributed by atoms with Crippen LogP contribution >= 0.6 is 0 Å². The number of nitrogens with one attached hydrogen (secondary N) is 1. The third-order valence-electron chi connectivity index (χ3n) is 4.05. The van der Waals surface area contributed by atoms with Gasteiger partial charge in [0, 0.05) is 6.07 Å². The summed E-state index contributed by atoms with van der Waals surface area (Å²) in [6.45, 7) is 7.14. The summed E-state index contributed by atoms with van der Waals surface area (Å²) in [7, 11) is 4.97. The minimum atomic E-state index is 0.695. The van der Waals surface area contributed by atoms with Crippen molar-refractivity contribution in [3.8, 4) is 17.2 Å². The Hall–Kier alpha value is -1.50. The lowest BCUT2D eigenvalue weighted by Crippen LogP contribution is -3.16. The van der Waals surface area contributed by atoms with Gasteiger partial charge in [0.25, 0.3) is 0 Å². The highest BCUT2D eigenvalue weighted by Crippen LogP contribution is 2.34. The van der Waals surface area contributed by atoms with Crippen molar-refractivity contribution >= 4 is 0 Å². The summed E-state index contributed by atoms with van der Waals surface area (Å²) in [5.74, 6) is 2.28. The average Bonchev–Trinajstić information content (AvgIpc) is 2.58. The number of ether oxygens (including phenoxy) is 4. The molecule has 2 rings (SSSR count). The molecule has 1 fully saturated rings. The van der Waals surface area contributed by atoms with Gasteiger partial charge in [-0.05, 0) is 6.07 Å². The van der Waals surface area contributed by atoms with Crippen molar-refractivity contribution < 1.29 is 29.2 Å². The Balaban J connectivity index is 1.88. The Morgan fingerprint density at radius 1 is 1.00 bits per heavy atom. The molecule has 124 valence electrons. The van der Waals surface area contributed by atoms with E-state index < -0.39 is 0 Å². The van der Waals surface area contributed by atoms with Crippen LogP contribution in [0.2, 0.25) is 0 Å². The normalized spacial score (nSPS) is 15.6. The van der Waals surface area contributed by atoms with Gasteiger partial charge in [0.05, 0.1) is 40.1 Å². The molecule has 0 spiro atoms. The van der Waals surface area contributed by atoms with Crippen molar-refractivity contribution in [3.63, 3.8) is 0 Å². The summed E-state index contributed by atoms with van der Waals surface area (Å²) in [6, 6.07) is 3.88. The van der Waals surface area contributed by atoms with E-state index in [4.69, 9.17) is 18.9 Å². The molecule has 1 aliphatic heterocycles. The topological polar surface area (TPSA) is 58.0 Å². The van der Waals surface area contributed by atoms with Crippen LogP contribution in [0, 0.1) is 0 Å². The first kappa shape index (κ1) is 16.9. The molecule has 0 saturated carbocycles. The van der Waals surface area contributed by atoms with Gasteiger partial charge in [-0.25, -0.2) is 0 Å². The Labute approximate surface area is 132 Å². The fourth-order valence-corrected chi connectivity index (χ4v) is 2.73. The second kappa shape index (κ2) is 8.82. The number of methoxy groups -OCH3 is 3. The minimum absolute atomic E-state index is 0.695. The second-order valence-electron chi connectivity index (χ2n) is 5.41. The molecule has 0 radical (unpaired) electrons. The van der Waals surface area contributed by atoms with Crippen molar-refractivity contribution in [1.29, 1.82) is 0 Å². The van der Waals surface area contributed by atoms with Crippen LogP contribution in [0.15, 0.2) is 12.1 Å². The van der Waals surface area contributed by atoms with Crippen molar-refractivity contribution in [2.24, 2.45) is 0 Å². The second-order valence-corrected chi connectivity index (χ2v) is 5.41. The van der Waals surface area contributed by atoms with E-state index in [9.17, 15) is 0 Å². The molecular formula is C16H28N2O4+2. The smallest absolute Gasteiger partial charge is 0.164 e. The van der Waals surface area contributed by atoms with Crippen LogP contribution in [0.1, 0.15) is 5.56 Å². The number of morpholine rings is 1. The molecule has 0 aliphatic carbocycles. The third-order valence-corrected chi connectivity index (χ3v) is 4.05. The van der Waals surface area contributed by atoms with Gasteiger partial charge in [0.15, 0.2) is 11.5 Å². The summed E-state index contributed by atoms with van der Waals surface area (Å²) < 4.78 is 21.5. The predicted octanol–water partition coefficient (Wildman–Crippen LogP) is -1.31. The number of benzene rings is 1. The van der Waals surface area contributed by atoms with Crippen LogP contribution in [-0.4, -0.2) is 60.7 Å². The molecule has 1 aromatic rings. The van der Waals surface area contributed by atoms with Gasteiger partial charge < -0.3 is 29.2 Å². The van der Waals surface area contributed by atoms with Crippen LogP contribution in [-0.2, 0) is 11.3 Å². The molecule has 1 aromatic carbocycles. The zero-order chi connectivity index (χ0) is 15.8. The highest BCUT2D eigenvalue weighted by molar-refractivity contribution is 5.50. The van der Waals surface area contributed by atoms with Gasteiger partial charge in [-0.15, -0.1) is 0 Å². The minimum Gasteiger partial charge on any atom is -0.496 e. The van der Waals surface area contributed by atoms with Crippen LogP contribution in [0.5, 0.6) is 17.2 Å². The van der Waals surface area contributed by atoms with Gasteiger partial charge in [0.1, 0.15) is 38.5 Å². The maximum absolute atomic E-state index is 5.46. The fourth-order valence-electron chi connectivity index (χ4n) is 2.73. The quantitative estimate of drug-likeness (QED) is 0.585. The maximum Gasteiger partial charge on any atom is 0.164 e. The van der Waals surface area contributed by atoms with E-state index in [1.165, 1.54) is 6.54 Å². The summed E-state index contributed by atoms with van der Waals surface area (Å²) in [6.07, 6.45) is 0. The predicted molar refractivity (Wildman–Crippen MR) is 83.0 cm³/mol. The van der Waals surface area contributed by atoms with Crippen LogP contribution in [0.3, 0.4) is 0 Å². The van der Waals surface area contributed by atoms with Crippen molar-refractivity contribution in [2.45, 2.75) is 6.54 Å². The van der Waals surface area contributed by atoms with E-state index in [1.54, 1.807) is 26.2 Å². The fraction of sp³-hybridized carbons (Fsp3) is 0.625. The molecule has 1 heterocycles. The number of quaternary nitrogens is 2. The molecule has 1 aliphatic rings. The SMILES string of the molecule is COc1cc(OC)c(OC)cc1C[NH2+]CC[NH+]1CCOCC1. The third kappa shape index (κ3) is 4.50. The van der Waals surface area contributed by atoms with Gasteiger partial charge in [-0.1, -0.05) is 0 Å². The summed E-state index contributed by atoms with van der Waals surface area (Å²) in [5.41, 5.74) is 1.12. The van der Waals surface area contributed by atoms with Crippen molar-refractivity contribution in [2.75, 3.05) is 60.7 Å². The average molecular weight is 312 g/mol.